The third-order valence-electron chi connectivity index (χ3n) is 6.65. The summed E-state index contributed by atoms with van der Waals surface area (Å²) in [5.74, 6) is 0.117. The molecule has 1 aliphatic carbocycles. The molecule has 5 heteroatoms. The van der Waals surface area contributed by atoms with Crippen LogP contribution in [0.5, 0.6) is 0 Å². The number of aromatic nitrogens is 1. The van der Waals surface area contributed by atoms with Crippen LogP contribution in [0.1, 0.15) is 49.1 Å². The van der Waals surface area contributed by atoms with Crippen LogP contribution in [-0.4, -0.2) is 58.2 Å². The summed E-state index contributed by atoms with van der Waals surface area (Å²) in [5.41, 5.74) is 1.84. The van der Waals surface area contributed by atoms with Crippen LogP contribution >= 0.6 is 11.6 Å². The van der Waals surface area contributed by atoms with Crippen LogP contribution in [0.3, 0.4) is 0 Å². The SMILES string of the molecule is OC1(C(CN2CCN(Cc3cccnc3)CC2)c2cccc(Cl)c2)CCCCC1. The summed E-state index contributed by atoms with van der Waals surface area (Å²) < 4.78 is 0. The Hall–Kier alpha value is -1.46. The first-order valence-corrected chi connectivity index (χ1v) is 11.3. The molecule has 0 radical (unpaired) electrons. The minimum atomic E-state index is -0.615. The Morgan fingerprint density at radius 3 is 2.45 bits per heavy atom. The topological polar surface area (TPSA) is 39.6 Å². The third-order valence-corrected chi connectivity index (χ3v) is 6.89. The molecule has 0 spiro atoms. The zero-order valence-electron chi connectivity index (χ0n) is 17.1. The number of aliphatic hydroxyl groups is 1. The van der Waals surface area contributed by atoms with Crippen molar-refractivity contribution in [1.29, 1.82) is 0 Å². The number of hydrogen-bond donors (Lipinski definition) is 1. The Bertz CT molecular complexity index is 771. The molecule has 1 aromatic carbocycles. The molecule has 2 heterocycles. The lowest BCUT2D eigenvalue weighted by molar-refractivity contribution is -0.0344. The van der Waals surface area contributed by atoms with Crippen LogP contribution in [0.25, 0.3) is 0 Å². The summed E-state index contributed by atoms with van der Waals surface area (Å²) >= 11 is 6.31. The summed E-state index contributed by atoms with van der Waals surface area (Å²) in [4.78, 5) is 9.25. The Morgan fingerprint density at radius 1 is 1.00 bits per heavy atom. The molecule has 4 nitrogen and oxygen atoms in total. The van der Waals surface area contributed by atoms with Crippen molar-refractivity contribution in [3.05, 3.63) is 64.9 Å². The zero-order chi connectivity index (χ0) is 20.1. The van der Waals surface area contributed by atoms with Crippen LogP contribution in [-0.2, 0) is 6.54 Å². The van der Waals surface area contributed by atoms with Gasteiger partial charge in [0.25, 0.3) is 0 Å². The molecular weight excluding hydrogens is 382 g/mol. The van der Waals surface area contributed by atoms with Gasteiger partial charge in [-0.15, -0.1) is 0 Å². The number of benzene rings is 1. The standard InChI is InChI=1S/C24H32ClN3O/c25-22-8-4-7-21(16-22)23(24(29)9-2-1-3-10-24)19-28-14-12-27(13-15-28)18-20-6-5-11-26-17-20/h4-8,11,16-17,23,29H,1-3,9-10,12-15,18-19H2. The minimum absolute atomic E-state index is 0.117. The van der Waals surface area contributed by atoms with Gasteiger partial charge in [0.05, 0.1) is 5.60 Å². The molecule has 1 N–H and O–H groups in total. The van der Waals surface area contributed by atoms with Gasteiger partial charge in [0.15, 0.2) is 0 Å². The molecule has 156 valence electrons. The van der Waals surface area contributed by atoms with Crippen LogP contribution < -0.4 is 0 Å². The molecule has 1 atom stereocenters. The molecule has 0 bridgehead atoms. The third kappa shape index (κ3) is 5.37. The van der Waals surface area contributed by atoms with Gasteiger partial charge in [0, 0.05) is 62.6 Å². The molecule has 0 amide bonds. The van der Waals surface area contributed by atoms with E-state index in [2.05, 4.69) is 33.0 Å². The zero-order valence-corrected chi connectivity index (χ0v) is 17.9. The van der Waals surface area contributed by atoms with Gasteiger partial charge in [-0.25, -0.2) is 0 Å². The second-order valence-electron chi connectivity index (χ2n) is 8.71. The number of nitrogens with zero attached hydrogens (tertiary/aromatic N) is 3. The maximum atomic E-state index is 11.6. The molecule has 29 heavy (non-hydrogen) atoms. The van der Waals surface area contributed by atoms with Gasteiger partial charge in [-0.2, -0.15) is 0 Å². The monoisotopic (exact) mass is 413 g/mol. The largest absolute Gasteiger partial charge is 0.389 e. The molecule has 1 saturated heterocycles. The lowest BCUT2D eigenvalue weighted by atomic mass is 9.72. The maximum absolute atomic E-state index is 11.6. The summed E-state index contributed by atoms with van der Waals surface area (Å²) in [6.07, 6.45) is 9.04. The second kappa shape index (κ2) is 9.57. The van der Waals surface area contributed by atoms with Crippen molar-refractivity contribution < 1.29 is 5.11 Å². The molecule has 1 aliphatic heterocycles. The predicted octanol–water partition coefficient (Wildman–Crippen LogP) is 4.33. The first kappa shape index (κ1) is 20.8. The fourth-order valence-electron chi connectivity index (χ4n) is 4.96. The van der Waals surface area contributed by atoms with Crippen molar-refractivity contribution in [2.45, 2.75) is 50.2 Å². The van der Waals surface area contributed by atoms with E-state index in [1.807, 2.05) is 30.6 Å². The molecule has 2 aromatic rings. The Balaban J connectivity index is 1.42. The van der Waals surface area contributed by atoms with Crippen molar-refractivity contribution in [3.8, 4) is 0 Å². The van der Waals surface area contributed by atoms with Gasteiger partial charge in [0.1, 0.15) is 0 Å². The smallest absolute Gasteiger partial charge is 0.0728 e. The average Bonchev–Trinajstić information content (AvgIpc) is 2.74. The highest BCUT2D eigenvalue weighted by Gasteiger charge is 2.40. The molecule has 2 fully saturated rings. The minimum Gasteiger partial charge on any atom is -0.389 e. The molecule has 1 unspecified atom stereocenters. The number of rotatable bonds is 6. The van der Waals surface area contributed by atoms with Crippen molar-refractivity contribution in [1.82, 2.24) is 14.8 Å². The van der Waals surface area contributed by atoms with Gasteiger partial charge >= 0.3 is 0 Å². The molecule has 4 rings (SSSR count). The highest BCUT2D eigenvalue weighted by atomic mass is 35.5. The van der Waals surface area contributed by atoms with E-state index in [0.717, 1.165) is 70.0 Å². The van der Waals surface area contributed by atoms with E-state index >= 15 is 0 Å². The van der Waals surface area contributed by atoms with Crippen LogP contribution in [0.2, 0.25) is 5.02 Å². The van der Waals surface area contributed by atoms with Crippen LogP contribution in [0, 0.1) is 0 Å². The van der Waals surface area contributed by atoms with Gasteiger partial charge in [0.2, 0.25) is 0 Å². The van der Waals surface area contributed by atoms with Crippen molar-refractivity contribution >= 4 is 11.6 Å². The highest BCUT2D eigenvalue weighted by molar-refractivity contribution is 6.30. The van der Waals surface area contributed by atoms with Gasteiger partial charge in [-0.05, 0) is 42.2 Å². The molecular formula is C24H32ClN3O. The van der Waals surface area contributed by atoms with E-state index in [1.54, 1.807) is 0 Å². The molecule has 2 aliphatic rings. The quantitative estimate of drug-likeness (QED) is 0.765. The second-order valence-corrected chi connectivity index (χ2v) is 9.15. The molecule has 1 saturated carbocycles. The van der Waals surface area contributed by atoms with Gasteiger partial charge in [-0.1, -0.05) is 49.1 Å². The number of pyridine rings is 1. The fraction of sp³-hybridized carbons (Fsp3) is 0.542. The first-order chi connectivity index (χ1) is 14.1. The van der Waals surface area contributed by atoms with E-state index in [9.17, 15) is 5.11 Å². The summed E-state index contributed by atoms with van der Waals surface area (Å²) in [7, 11) is 0. The van der Waals surface area contributed by atoms with E-state index in [-0.39, 0.29) is 5.92 Å². The average molecular weight is 414 g/mol. The van der Waals surface area contributed by atoms with Gasteiger partial charge in [-0.3, -0.25) is 9.88 Å². The highest BCUT2D eigenvalue weighted by Crippen LogP contribution is 2.41. The van der Waals surface area contributed by atoms with Crippen molar-refractivity contribution in [3.63, 3.8) is 0 Å². The van der Waals surface area contributed by atoms with E-state index in [0.29, 0.717) is 0 Å². The van der Waals surface area contributed by atoms with Crippen LogP contribution in [0.15, 0.2) is 48.8 Å². The first-order valence-electron chi connectivity index (χ1n) is 10.9. The summed E-state index contributed by atoms with van der Waals surface area (Å²) in [5, 5.41) is 12.3. The fourth-order valence-corrected chi connectivity index (χ4v) is 5.16. The van der Waals surface area contributed by atoms with E-state index < -0.39 is 5.60 Å². The number of piperazine rings is 1. The van der Waals surface area contributed by atoms with Crippen molar-refractivity contribution in [2.24, 2.45) is 0 Å². The Kier molecular flexibility index (Phi) is 6.86. The lowest BCUT2D eigenvalue weighted by Gasteiger charge is -2.43. The van der Waals surface area contributed by atoms with Crippen molar-refractivity contribution in [2.75, 3.05) is 32.7 Å². The van der Waals surface area contributed by atoms with E-state index in [4.69, 9.17) is 11.6 Å². The Labute approximate surface area is 179 Å². The number of halogens is 1. The lowest BCUT2D eigenvalue weighted by Crippen LogP contribution is -2.50. The summed E-state index contributed by atoms with van der Waals surface area (Å²) in [6, 6.07) is 12.3. The summed E-state index contributed by atoms with van der Waals surface area (Å²) in [6.45, 7) is 6.03. The Morgan fingerprint density at radius 2 is 1.76 bits per heavy atom. The van der Waals surface area contributed by atoms with E-state index in [1.165, 1.54) is 17.5 Å². The van der Waals surface area contributed by atoms with Gasteiger partial charge < -0.3 is 10.0 Å². The predicted molar refractivity (Wildman–Crippen MR) is 118 cm³/mol. The maximum Gasteiger partial charge on any atom is 0.0728 e. The molecule has 1 aromatic heterocycles. The van der Waals surface area contributed by atoms with Crippen LogP contribution in [0.4, 0.5) is 0 Å². The normalized spacial score (nSPS) is 21.7. The number of hydrogen-bond acceptors (Lipinski definition) is 4.